The molecule has 0 amide bonds. The fourth-order valence-electron chi connectivity index (χ4n) is 7.69. The average Bonchev–Trinajstić information content (AvgIpc) is 3.11. The van der Waals surface area contributed by atoms with Crippen molar-refractivity contribution in [1.82, 2.24) is 0 Å². The zero-order valence-electron chi connectivity index (χ0n) is 41.8. The Hall–Kier alpha value is 0.360. The zero-order chi connectivity index (χ0) is 45.8. The predicted octanol–water partition coefficient (Wildman–Crippen LogP) is 19.9. The third kappa shape index (κ3) is 18.6. The third-order valence-electron chi connectivity index (χ3n) is 15.6. The van der Waals surface area contributed by atoms with Gasteiger partial charge in [-0.2, -0.15) is 0 Å². The van der Waals surface area contributed by atoms with Gasteiger partial charge in [0.1, 0.15) is 0 Å². The first-order chi connectivity index (χ1) is 26.1. The lowest BCUT2D eigenvalue weighted by molar-refractivity contribution is -0.0165. The van der Waals surface area contributed by atoms with Crippen molar-refractivity contribution >= 4 is 63.7 Å². The summed E-state index contributed by atoms with van der Waals surface area (Å²) in [7, 11) is 0. The summed E-state index contributed by atoms with van der Waals surface area (Å²) in [6.07, 6.45) is 8.51. The summed E-state index contributed by atoms with van der Waals surface area (Å²) in [5, 5.41) is 0.997. The molecule has 0 aliphatic rings. The predicted molar refractivity (Wildman–Crippen MR) is 281 cm³/mol. The van der Waals surface area contributed by atoms with E-state index in [0.717, 1.165) is 11.8 Å². The lowest BCUT2D eigenvalue weighted by atomic mass is 9.53. The highest BCUT2D eigenvalue weighted by Gasteiger charge is 2.49. The summed E-state index contributed by atoms with van der Waals surface area (Å²) >= 11 is 15.4. The van der Waals surface area contributed by atoms with Gasteiger partial charge in [-0.3, -0.25) is 0 Å². The van der Waals surface area contributed by atoms with Crippen molar-refractivity contribution in [2.24, 2.45) is 49.2 Å². The van der Waals surface area contributed by atoms with Gasteiger partial charge in [-0.05, 0) is 98.4 Å². The van der Waals surface area contributed by atoms with E-state index in [1.165, 1.54) is 49.7 Å². The summed E-state index contributed by atoms with van der Waals surface area (Å²) in [5.74, 6) is 1.20. The summed E-state index contributed by atoms with van der Waals surface area (Å²) in [6, 6.07) is 21.7. The van der Waals surface area contributed by atoms with Crippen LogP contribution < -0.4 is 0 Å². The van der Waals surface area contributed by atoms with Crippen molar-refractivity contribution in [3.8, 4) is 0 Å². The molecular weight excluding hydrogens is 968 g/mol. The Balaban J connectivity index is 0.000000894. The van der Waals surface area contributed by atoms with Gasteiger partial charge >= 0.3 is 0 Å². The van der Waals surface area contributed by atoms with Crippen molar-refractivity contribution in [3.63, 3.8) is 0 Å². The molecule has 5 atom stereocenters. The van der Waals surface area contributed by atoms with E-state index in [4.69, 9.17) is 0 Å². The minimum absolute atomic E-state index is 0.237. The van der Waals surface area contributed by atoms with Crippen LogP contribution in [-0.2, 0) is 6.42 Å². The molecule has 0 bridgehead atoms. The van der Waals surface area contributed by atoms with Crippen LogP contribution >= 0.6 is 63.7 Å². The number of rotatable bonds is 18. The number of alkyl halides is 4. The minimum Gasteiger partial charge on any atom is -0.0916 e. The second-order valence-corrected chi connectivity index (χ2v) is 28.3. The summed E-state index contributed by atoms with van der Waals surface area (Å²) in [6.45, 7) is 50.3. The molecule has 0 saturated heterocycles. The van der Waals surface area contributed by atoms with Gasteiger partial charge in [0.05, 0.1) is 0 Å². The van der Waals surface area contributed by atoms with Crippen LogP contribution in [0.3, 0.4) is 0 Å². The van der Waals surface area contributed by atoms with Gasteiger partial charge < -0.3 is 0 Å². The van der Waals surface area contributed by atoms with Crippen molar-refractivity contribution in [1.29, 1.82) is 0 Å². The van der Waals surface area contributed by atoms with Crippen LogP contribution in [0, 0.1) is 49.2 Å². The lowest BCUT2D eigenvalue weighted by Gasteiger charge is -2.53. The Bertz CT molecular complexity index is 1390. The van der Waals surface area contributed by atoms with Gasteiger partial charge in [0.15, 0.2) is 0 Å². The molecule has 338 valence electrons. The van der Waals surface area contributed by atoms with E-state index in [2.05, 4.69) is 270 Å². The van der Waals surface area contributed by atoms with Gasteiger partial charge in [0, 0.05) is 19.8 Å². The molecule has 0 aliphatic carbocycles. The first-order valence-corrected chi connectivity index (χ1v) is 26.5. The zero-order valence-corrected chi connectivity index (χ0v) is 48.2. The molecule has 0 N–H and O–H groups in total. The third-order valence-corrected chi connectivity index (χ3v) is 20.6. The highest BCUT2D eigenvalue weighted by Crippen LogP contribution is 2.57. The number of benzene rings is 2. The van der Waals surface area contributed by atoms with Crippen LogP contribution in [0.5, 0.6) is 0 Å². The Kier molecular flexibility index (Phi) is 24.0. The highest BCUT2D eigenvalue weighted by atomic mass is 79.9. The van der Waals surface area contributed by atoms with Crippen LogP contribution in [-0.4, -0.2) is 19.8 Å². The molecule has 2 aromatic rings. The summed E-state index contributed by atoms with van der Waals surface area (Å²) in [4.78, 5) is 1.45. The van der Waals surface area contributed by atoms with Gasteiger partial charge in [-0.1, -0.05) is 283 Å². The van der Waals surface area contributed by atoms with Crippen LogP contribution in [0.4, 0.5) is 0 Å². The molecule has 5 unspecified atom stereocenters. The van der Waals surface area contributed by atoms with Gasteiger partial charge in [-0.25, -0.2) is 0 Å². The van der Waals surface area contributed by atoms with Crippen molar-refractivity contribution in [2.45, 2.75) is 211 Å². The second kappa shape index (κ2) is 23.9. The minimum atomic E-state index is 0.237. The molecular formula is C54H94Br4. The molecule has 0 aromatic heterocycles. The normalized spacial score (nSPS) is 16.2. The summed E-state index contributed by atoms with van der Waals surface area (Å²) in [5.41, 5.74) is 5.40. The van der Waals surface area contributed by atoms with E-state index in [1.54, 1.807) is 0 Å². The van der Waals surface area contributed by atoms with E-state index >= 15 is 0 Å². The maximum Gasteiger partial charge on any atom is 0.0276 e. The highest BCUT2D eigenvalue weighted by molar-refractivity contribution is 9.12. The van der Waals surface area contributed by atoms with E-state index in [0.29, 0.717) is 53.4 Å². The maximum atomic E-state index is 4.03. The first kappa shape index (κ1) is 58.4. The number of hydrogen-bond donors (Lipinski definition) is 0. The van der Waals surface area contributed by atoms with Crippen molar-refractivity contribution < 1.29 is 0 Å². The molecule has 2 aromatic carbocycles. The van der Waals surface area contributed by atoms with Gasteiger partial charge in [0.25, 0.3) is 0 Å². The van der Waals surface area contributed by atoms with Crippen LogP contribution in [0.25, 0.3) is 0 Å². The van der Waals surface area contributed by atoms with Crippen LogP contribution in [0.1, 0.15) is 201 Å². The molecule has 0 heterocycles. The van der Waals surface area contributed by atoms with Crippen molar-refractivity contribution in [3.05, 3.63) is 71.8 Å². The molecule has 0 fully saturated rings. The van der Waals surface area contributed by atoms with Crippen molar-refractivity contribution in [2.75, 3.05) is 5.33 Å². The maximum absolute atomic E-state index is 4.03. The number of aryl methyl sites for hydroxylation is 1. The topological polar surface area (TPSA) is 0 Å². The van der Waals surface area contributed by atoms with E-state index < -0.39 is 0 Å². The van der Waals surface area contributed by atoms with Gasteiger partial charge in [0.2, 0.25) is 0 Å². The quantitative estimate of drug-likeness (QED) is 0.131. The van der Waals surface area contributed by atoms with E-state index in [9.17, 15) is 0 Å². The number of halogens is 4. The van der Waals surface area contributed by atoms with E-state index in [-0.39, 0.29) is 16.2 Å². The van der Waals surface area contributed by atoms with E-state index in [1.807, 2.05) is 0 Å². The molecule has 4 heteroatoms. The molecule has 0 nitrogen and oxygen atoms in total. The Morgan fingerprint density at radius 1 is 0.500 bits per heavy atom. The summed E-state index contributed by atoms with van der Waals surface area (Å²) < 4.78 is 0. The monoisotopic (exact) mass is 1060 g/mol. The second-order valence-electron chi connectivity index (χ2n) is 23.8. The Morgan fingerprint density at radius 2 is 0.914 bits per heavy atom. The molecule has 0 spiro atoms. The fraction of sp³-hybridized carbons (Fsp3) is 0.778. The Morgan fingerprint density at radius 3 is 1.29 bits per heavy atom. The van der Waals surface area contributed by atoms with Crippen LogP contribution in [0.2, 0.25) is 0 Å². The SMILES string of the molecule is CC(C)(C)CCc1ccccc1.CCC(C)(C)C(C)(C)C(CC(C)(C)C(C)(C)CC(Br)C(C)Br)C(Br)CBr.CCC(C)(C)C(C)(C)CC(c1ccccc1)C(C)(C)C. The molecule has 2 rings (SSSR count). The Labute approximate surface area is 397 Å². The number of hydrogen-bond acceptors (Lipinski definition) is 0. The molecule has 0 saturated carbocycles. The molecule has 58 heavy (non-hydrogen) atoms. The largest absolute Gasteiger partial charge is 0.0916 e. The smallest absolute Gasteiger partial charge is 0.0276 e. The molecule has 0 aliphatic heterocycles. The average molecular weight is 1060 g/mol. The molecule has 0 radical (unpaired) electrons. The fourth-order valence-corrected chi connectivity index (χ4v) is 9.99. The first-order valence-electron chi connectivity index (χ1n) is 22.6. The van der Waals surface area contributed by atoms with Gasteiger partial charge in [-0.15, -0.1) is 0 Å². The van der Waals surface area contributed by atoms with Crippen LogP contribution in [0.15, 0.2) is 60.7 Å². The lowest BCUT2D eigenvalue weighted by Crippen LogP contribution is -2.47. The standard InChI is InChI=1S/C22H42Br4.C20H34.C12H18/c1-11-19(3,4)22(9,10)16(18(26)14-23)12-20(5,6)21(7,8)13-17(25)15(2)24;1-9-19(5,6)20(7,8)15-17(18(2,3)4)16-13-11-10-12-14-16;1-12(2,3)10-9-11-7-5-4-6-8-11/h15-18H,11-14H2,1-10H3;10-14,17H,9,15H2,1-8H3;4-8H,9-10H2,1-3H3.